The molecule has 0 unspecified atom stereocenters. The van der Waals surface area contributed by atoms with E-state index in [1.165, 1.54) is 0 Å². The number of nitrogens with zero attached hydrogens (tertiary/aromatic N) is 1. The second kappa shape index (κ2) is 5.92. The van der Waals surface area contributed by atoms with Crippen LogP contribution in [-0.4, -0.2) is 7.11 Å². The molecule has 2 aromatic rings. The molecule has 0 fully saturated rings. The number of ether oxygens (including phenoxy) is 2. The molecule has 0 heterocycles. The van der Waals surface area contributed by atoms with Crippen LogP contribution in [0.1, 0.15) is 16.7 Å². The van der Waals surface area contributed by atoms with Gasteiger partial charge in [0, 0.05) is 5.56 Å². The zero-order chi connectivity index (χ0) is 13.7. The van der Waals surface area contributed by atoms with Crippen LogP contribution < -0.4 is 9.47 Å². The number of benzene rings is 2. The molecule has 0 aromatic heterocycles. The Hall–Kier alpha value is -2.47. The maximum atomic E-state index is 8.97. The summed E-state index contributed by atoms with van der Waals surface area (Å²) in [4.78, 5) is 0. The topological polar surface area (TPSA) is 42.2 Å². The summed E-state index contributed by atoms with van der Waals surface area (Å²) in [6.07, 6.45) is 0. The van der Waals surface area contributed by atoms with Gasteiger partial charge < -0.3 is 9.47 Å². The molecule has 0 aliphatic heterocycles. The molecule has 3 nitrogen and oxygen atoms in total. The molecular formula is C16H15NO2. The van der Waals surface area contributed by atoms with E-state index in [0.717, 1.165) is 22.6 Å². The van der Waals surface area contributed by atoms with Gasteiger partial charge in [0.2, 0.25) is 0 Å². The van der Waals surface area contributed by atoms with E-state index in [-0.39, 0.29) is 0 Å². The fourth-order valence-electron chi connectivity index (χ4n) is 1.77. The van der Waals surface area contributed by atoms with Gasteiger partial charge in [-0.05, 0) is 36.8 Å². The molecule has 0 aliphatic rings. The number of nitriles is 1. The first-order chi connectivity index (χ1) is 9.24. The van der Waals surface area contributed by atoms with Gasteiger partial charge in [-0.3, -0.25) is 0 Å². The maximum Gasteiger partial charge on any atom is 0.124 e. The first-order valence-corrected chi connectivity index (χ1v) is 6.00. The predicted molar refractivity (Wildman–Crippen MR) is 73.2 cm³/mol. The van der Waals surface area contributed by atoms with Crippen LogP contribution in [0.2, 0.25) is 0 Å². The van der Waals surface area contributed by atoms with E-state index in [1.807, 2.05) is 43.3 Å². The Kier molecular flexibility index (Phi) is 4.04. The third kappa shape index (κ3) is 3.05. The van der Waals surface area contributed by atoms with E-state index < -0.39 is 0 Å². The molecule has 2 rings (SSSR count). The van der Waals surface area contributed by atoms with Crippen LogP contribution in [0.25, 0.3) is 0 Å². The molecule has 3 heteroatoms. The third-order valence-electron chi connectivity index (χ3n) is 2.96. The minimum atomic E-state index is 0.472. The molecule has 96 valence electrons. The molecule has 0 atom stereocenters. The highest BCUT2D eigenvalue weighted by molar-refractivity contribution is 5.45. The Morgan fingerprint density at radius 2 is 1.84 bits per heavy atom. The van der Waals surface area contributed by atoms with Crippen LogP contribution in [-0.2, 0) is 6.61 Å². The quantitative estimate of drug-likeness (QED) is 0.838. The average Bonchev–Trinajstić information content (AvgIpc) is 2.47. The lowest BCUT2D eigenvalue weighted by Gasteiger charge is -2.10. The summed E-state index contributed by atoms with van der Waals surface area (Å²) >= 11 is 0. The number of methoxy groups -OCH3 is 1. The monoisotopic (exact) mass is 253 g/mol. The first kappa shape index (κ1) is 13.0. The Morgan fingerprint density at radius 1 is 1.11 bits per heavy atom. The third-order valence-corrected chi connectivity index (χ3v) is 2.96. The SMILES string of the molecule is COc1ccc(COc2cccc(C#N)c2C)cc1. The van der Waals surface area contributed by atoms with Crippen LogP contribution in [0.15, 0.2) is 42.5 Å². The van der Waals surface area contributed by atoms with E-state index in [9.17, 15) is 0 Å². The second-order valence-electron chi connectivity index (χ2n) is 4.18. The summed E-state index contributed by atoms with van der Waals surface area (Å²) < 4.78 is 10.9. The largest absolute Gasteiger partial charge is 0.497 e. The smallest absolute Gasteiger partial charge is 0.124 e. The number of hydrogen-bond donors (Lipinski definition) is 0. The van der Waals surface area contributed by atoms with Crippen LogP contribution in [0.4, 0.5) is 0 Å². The van der Waals surface area contributed by atoms with Crippen molar-refractivity contribution in [1.29, 1.82) is 5.26 Å². The van der Waals surface area contributed by atoms with Gasteiger partial charge in [-0.2, -0.15) is 5.26 Å². The van der Waals surface area contributed by atoms with Gasteiger partial charge in [-0.25, -0.2) is 0 Å². The normalized spacial score (nSPS) is 9.74. The molecule has 2 aromatic carbocycles. The van der Waals surface area contributed by atoms with Gasteiger partial charge in [0.25, 0.3) is 0 Å². The second-order valence-corrected chi connectivity index (χ2v) is 4.18. The molecule has 0 aliphatic carbocycles. The maximum absolute atomic E-state index is 8.97. The molecule has 0 radical (unpaired) electrons. The van der Waals surface area contributed by atoms with Crippen LogP contribution in [0, 0.1) is 18.3 Å². The minimum absolute atomic E-state index is 0.472. The molecule has 0 bridgehead atoms. The van der Waals surface area contributed by atoms with Crippen molar-refractivity contribution >= 4 is 0 Å². The number of rotatable bonds is 4. The van der Waals surface area contributed by atoms with Crippen molar-refractivity contribution in [3.63, 3.8) is 0 Å². The predicted octanol–water partition coefficient (Wildman–Crippen LogP) is 3.45. The summed E-state index contributed by atoms with van der Waals surface area (Å²) in [5.74, 6) is 1.57. The van der Waals surface area contributed by atoms with E-state index >= 15 is 0 Å². The summed E-state index contributed by atoms with van der Waals surface area (Å²) in [5, 5.41) is 8.97. The zero-order valence-corrected chi connectivity index (χ0v) is 11.0. The Balaban J connectivity index is 2.08. The summed E-state index contributed by atoms with van der Waals surface area (Å²) in [6, 6.07) is 15.4. The summed E-state index contributed by atoms with van der Waals surface area (Å²) in [5.41, 5.74) is 2.58. The zero-order valence-electron chi connectivity index (χ0n) is 11.0. The van der Waals surface area contributed by atoms with Crippen LogP contribution in [0.5, 0.6) is 11.5 Å². The standard InChI is InChI=1S/C16H15NO2/c1-12-14(10-17)4-3-5-16(12)19-11-13-6-8-15(18-2)9-7-13/h3-9H,11H2,1-2H3. The van der Waals surface area contributed by atoms with Crippen molar-refractivity contribution in [3.05, 3.63) is 59.2 Å². The van der Waals surface area contributed by atoms with Crippen molar-refractivity contribution in [2.75, 3.05) is 7.11 Å². The van der Waals surface area contributed by atoms with E-state index in [0.29, 0.717) is 12.2 Å². The Morgan fingerprint density at radius 3 is 2.47 bits per heavy atom. The average molecular weight is 253 g/mol. The molecule has 0 amide bonds. The van der Waals surface area contributed by atoms with Crippen LogP contribution in [0.3, 0.4) is 0 Å². The van der Waals surface area contributed by atoms with Gasteiger partial charge in [-0.15, -0.1) is 0 Å². The van der Waals surface area contributed by atoms with Crippen LogP contribution >= 0.6 is 0 Å². The Labute approximate surface area is 113 Å². The van der Waals surface area contributed by atoms with E-state index in [1.54, 1.807) is 13.2 Å². The van der Waals surface area contributed by atoms with Gasteiger partial charge in [0.1, 0.15) is 18.1 Å². The fourth-order valence-corrected chi connectivity index (χ4v) is 1.77. The molecule has 0 N–H and O–H groups in total. The van der Waals surface area contributed by atoms with Crippen molar-refractivity contribution in [3.8, 4) is 17.6 Å². The van der Waals surface area contributed by atoms with Gasteiger partial charge in [0.15, 0.2) is 0 Å². The molecule has 0 saturated carbocycles. The van der Waals surface area contributed by atoms with Gasteiger partial charge in [0.05, 0.1) is 18.7 Å². The van der Waals surface area contributed by atoms with Crippen molar-refractivity contribution in [1.82, 2.24) is 0 Å². The van der Waals surface area contributed by atoms with Crippen molar-refractivity contribution < 1.29 is 9.47 Å². The molecule has 0 spiro atoms. The van der Waals surface area contributed by atoms with E-state index in [4.69, 9.17) is 14.7 Å². The minimum Gasteiger partial charge on any atom is -0.497 e. The van der Waals surface area contributed by atoms with E-state index in [2.05, 4.69) is 6.07 Å². The van der Waals surface area contributed by atoms with Gasteiger partial charge >= 0.3 is 0 Å². The highest BCUT2D eigenvalue weighted by Crippen LogP contribution is 2.22. The van der Waals surface area contributed by atoms with Crippen molar-refractivity contribution in [2.45, 2.75) is 13.5 Å². The lowest BCUT2D eigenvalue weighted by molar-refractivity contribution is 0.304. The summed E-state index contributed by atoms with van der Waals surface area (Å²) in [7, 11) is 1.64. The lowest BCUT2D eigenvalue weighted by atomic mass is 10.1. The molecule has 19 heavy (non-hydrogen) atoms. The fraction of sp³-hybridized carbons (Fsp3) is 0.188. The molecular weight excluding hydrogens is 238 g/mol. The number of hydrogen-bond acceptors (Lipinski definition) is 3. The Bertz CT molecular complexity index is 597. The first-order valence-electron chi connectivity index (χ1n) is 6.00. The highest BCUT2D eigenvalue weighted by atomic mass is 16.5. The summed E-state index contributed by atoms with van der Waals surface area (Å²) in [6.45, 7) is 2.36. The molecule has 0 saturated heterocycles. The highest BCUT2D eigenvalue weighted by Gasteiger charge is 2.04. The van der Waals surface area contributed by atoms with Gasteiger partial charge in [-0.1, -0.05) is 18.2 Å². The van der Waals surface area contributed by atoms with Crippen molar-refractivity contribution in [2.24, 2.45) is 0 Å². The lowest BCUT2D eigenvalue weighted by Crippen LogP contribution is -1.98.